The van der Waals surface area contributed by atoms with Crippen molar-refractivity contribution in [2.75, 3.05) is 0 Å². The number of primary amides is 3. The van der Waals surface area contributed by atoms with E-state index in [9.17, 15) is 14.4 Å². The van der Waals surface area contributed by atoms with Gasteiger partial charge in [0.2, 0.25) is 0 Å². The molecule has 0 unspecified atom stereocenters. The van der Waals surface area contributed by atoms with Gasteiger partial charge in [0.15, 0.2) is 5.79 Å². The molecule has 0 aromatic rings. The second kappa shape index (κ2) is 5.63. The van der Waals surface area contributed by atoms with Crippen molar-refractivity contribution in [3.8, 4) is 0 Å². The molecule has 0 aliphatic carbocycles. The molecule has 0 aliphatic rings. The lowest BCUT2D eigenvalue weighted by molar-refractivity contribution is 0.178. The maximum absolute atomic E-state index is 10.8. The van der Waals surface area contributed by atoms with Crippen molar-refractivity contribution < 1.29 is 14.4 Å². The van der Waals surface area contributed by atoms with Gasteiger partial charge in [-0.1, -0.05) is 13.3 Å². The average Bonchev–Trinajstić information content (AvgIpc) is 1.98. The fraction of sp³-hybridized carbons (Fsp3) is 0.571. The van der Waals surface area contributed by atoms with Gasteiger partial charge in [0, 0.05) is 6.42 Å². The first-order valence-electron chi connectivity index (χ1n) is 4.54. The van der Waals surface area contributed by atoms with Crippen LogP contribution < -0.4 is 33.2 Å². The fourth-order valence-corrected chi connectivity index (χ4v) is 1.29. The van der Waals surface area contributed by atoms with Crippen molar-refractivity contribution in [3.05, 3.63) is 0 Å². The number of rotatable bonds is 5. The summed E-state index contributed by atoms with van der Waals surface area (Å²) < 4.78 is 0. The van der Waals surface area contributed by atoms with Crippen molar-refractivity contribution in [2.24, 2.45) is 17.2 Å². The highest BCUT2D eigenvalue weighted by Gasteiger charge is 2.32. The third-order valence-electron chi connectivity index (χ3n) is 1.63. The Morgan fingerprint density at radius 2 is 1.25 bits per heavy atom. The van der Waals surface area contributed by atoms with Crippen molar-refractivity contribution in [1.82, 2.24) is 16.0 Å². The second-order valence-corrected chi connectivity index (χ2v) is 3.12. The van der Waals surface area contributed by atoms with Crippen LogP contribution in [0.1, 0.15) is 19.8 Å². The van der Waals surface area contributed by atoms with Crippen LogP contribution >= 0.6 is 0 Å². The largest absolute Gasteiger partial charge is 0.352 e. The predicted molar refractivity (Wildman–Crippen MR) is 55.8 cm³/mol. The highest BCUT2D eigenvalue weighted by atomic mass is 16.2. The lowest BCUT2D eigenvalue weighted by Crippen LogP contribution is -2.72. The Labute approximate surface area is 92.1 Å². The van der Waals surface area contributed by atoms with E-state index in [1.54, 1.807) is 6.92 Å². The van der Waals surface area contributed by atoms with E-state index >= 15 is 0 Å². The molecule has 0 aromatic carbocycles. The minimum Gasteiger partial charge on any atom is -0.352 e. The summed E-state index contributed by atoms with van der Waals surface area (Å²) in [6.45, 7) is 1.77. The Morgan fingerprint density at radius 3 is 1.44 bits per heavy atom. The zero-order valence-electron chi connectivity index (χ0n) is 8.87. The minimum absolute atomic E-state index is 0.182. The number of amides is 6. The van der Waals surface area contributed by atoms with Crippen molar-refractivity contribution in [3.63, 3.8) is 0 Å². The van der Waals surface area contributed by atoms with E-state index in [1.807, 2.05) is 0 Å². The van der Waals surface area contributed by atoms with Crippen LogP contribution in [-0.4, -0.2) is 23.9 Å². The summed E-state index contributed by atoms with van der Waals surface area (Å²) >= 11 is 0. The van der Waals surface area contributed by atoms with Crippen molar-refractivity contribution in [1.29, 1.82) is 0 Å². The highest BCUT2D eigenvalue weighted by molar-refractivity contribution is 5.79. The zero-order chi connectivity index (χ0) is 12.8. The topological polar surface area (TPSA) is 165 Å². The van der Waals surface area contributed by atoms with Crippen LogP contribution in [0.5, 0.6) is 0 Å². The van der Waals surface area contributed by atoms with Crippen LogP contribution in [0.25, 0.3) is 0 Å². The number of hydrogen-bond acceptors (Lipinski definition) is 3. The maximum atomic E-state index is 10.8. The Kier molecular flexibility index (Phi) is 4.86. The molecule has 0 fully saturated rings. The number of carbonyl (C=O) groups is 3. The van der Waals surface area contributed by atoms with E-state index in [4.69, 9.17) is 17.2 Å². The summed E-state index contributed by atoms with van der Waals surface area (Å²) in [6, 6.07) is -2.80. The van der Waals surface area contributed by atoms with Gasteiger partial charge in [-0.25, -0.2) is 14.4 Å². The van der Waals surface area contributed by atoms with E-state index in [1.165, 1.54) is 0 Å². The van der Waals surface area contributed by atoms with Crippen LogP contribution in [0.2, 0.25) is 0 Å². The third-order valence-corrected chi connectivity index (χ3v) is 1.63. The molecule has 0 atom stereocenters. The molecule has 0 spiro atoms. The molecule has 0 bridgehead atoms. The second-order valence-electron chi connectivity index (χ2n) is 3.12. The first-order valence-corrected chi connectivity index (χ1v) is 4.54. The van der Waals surface area contributed by atoms with Gasteiger partial charge < -0.3 is 17.2 Å². The lowest BCUT2D eigenvalue weighted by Gasteiger charge is -2.34. The van der Waals surface area contributed by atoms with Crippen LogP contribution in [0, 0.1) is 0 Å². The molecule has 0 aromatic heterocycles. The highest BCUT2D eigenvalue weighted by Crippen LogP contribution is 2.05. The minimum atomic E-state index is -1.56. The fourth-order valence-electron chi connectivity index (χ4n) is 1.29. The third kappa shape index (κ3) is 4.88. The van der Waals surface area contributed by atoms with Gasteiger partial charge in [-0.15, -0.1) is 0 Å². The first kappa shape index (κ1) is 13.8. The quantitative estimate of drug-likeness (QED) is 0.316. The average molecular weight is 232 g/mol. The molecule has 16 heavy (non-hydrogen) atoms. The lowest BCUT2D eigenvalue weighted by atomic mass is 10.2. The molecule has 0 saturated carbocycles. The molecule has 92 valence electrons. The van der Waals surface area contributed by atoms with E-state index in [0.29, 0.717) is 6.42 Å². The Morgan fingerprint density at radius 1 is 0.938 bits per heavy atom. The summed E-state index contributed by atoms with van der Waals surface area (Å²) in [5.74, 6) is -1.56. The smallest absolute Gasteiger partial charge is 0.315 e. The number of carbonyl (C=O) groups excluding carboxylic acids is 3. The van der Waals surface area contributed by atoms with Gasteiger partial charge in [-0.3, -0.25) is 16.0 Å². The summed E-state index contributed by atoms with van der Waals surface area (Å²) in [5, 5.41) is 6.52. The van der Waals surface area contributed by atoms with Gasteiger partial charge in [-0.2, -0.15) is 0 Å². The summed E-state index contributed by atoms with van der Waals surface area (Å²) in [4.78, 5) is 32.3. The standard InChI is InChI=1S/C7H16N6O3/c1-2-3-7(11-4(8)14,12-5(9)15)13-6(10)16/h2-3H2,1H3,(H3,8,11,14)(H3,9,12,15)(H3,10,13,16). The molecule has 6 amide bonds. The van der Waals surface area contributed by atoms with E-state index in [-0.39, 0.29) is 6.42 Å². The molecule has 9 N–H and O–H groups in total. The number of nitrogens with two attached hydrogens (primary N) is 3. The number of nitrogens with one attached hydrogen (secondary N) is 3. The molecular weight excluding hydrogens is 216 g/mol. The predicted octanol–water partition coefficient (Wildman–Crippen LogP) is -1.55. The van der Waals surface area contributed by atoms with Crippen molar-refractivity contribution in [2.45, 2.75) is 25.6 Å². The molecular formula is C7H16N6O3. The van der Waals surface area contributed by atoms with Gasteiger partial charge in [0.05, 0.1) is 0 Å². The maximum Gasteiger partial charge on any atom is 0.315 e. The van der Waals surface area contributed by atoms with Crippen LogP contribution in [0.4, 0.5) is 14.4 Å². The molecule has 0 heterocycles. The van der Waals surface area contributed by atoms with E-state index < -0.39 is 23.9 Å². The molecule has 9 nitrogen and oxygen atoms in total. The van der Waals surface area contributed by atoms with E-state index in [2.05, 4.69) is 16.0 Å². The van der Waals surface area contributed by atoms with Gasteiger partial charge in [0.1, 0.15) is 0 Å². The van der Waals surface area contributed by atoms with Crippen LogP contribution in [-0.2, 0) is 0 Å². The summed E-state index contributed by atoms with van der Waals surface area (Å²) in [6.07, 6.45) is 0.711. The zero-order valence-corrected chi connectivity index (χ0v) is 8.87. The van der Waals surface area contributed by atoms with Crippen LogP contribution in [0.15, 0.2) is 0 Å². The Balaban J connectivity index is 4.93. The molecule has 0 aliphatic heterocycles. The number of urea groups is 3. The SMILES string of the molecule is CCCC(NC(N)=O)(NC(N)=O)NC(N)=O. The Hall–Kier alpha value is -2.19. The van der Waals surface area contributed by atoms with Crippen LogP contribution in [0.3, 0.4) is 0 Å². The van der Waals surface area contributed by atoms with E-state index in [0.717, 1.165) is 0 Å². The molecule has 0 saturated heterocycles. The van der Waals surface area contributed by atoms with Gasteiger partial charge in [-0.05, 0) is 0 Å². The molecule has 9 heteroatoms. The Bertz CT molecular complexity index is 251. The normalized spacial score (nSPS) is 10.3. The first-order chi connectivity index (χ1) is 7.31. The van der Waals surface area contributed by atoms with Gasteiger partial charge >= 0.3 is 18.1 Å². The summed E-state index contributed by atoms with van der Waals surface area (Å²) in [7, 11) is 0. The number of hydrogen-bond donors (Lipinski definition) is 6. The van der Waals surface area contributed by atoms with Gasteiger partial charge in [0.25, 0.3) is 0 Å². The summed E-state index contributed by atoms with van der Waals surface area (Å²) in [5.41, 5.74) is 14.8. The molecule has 0 radical (unpaired) electrons. The molecule has 0 rings (SSSR count). The van der Waals surface area contributed by atoms with Crippen molar-refractivity contribution >= 4 is 18.1 Å². The monoisotopic (exact) mass is 232 g/mol.